The van der Waals surface area contributed by atoms with E-state index in [-0.39, 0.29) is 10.8 Å². The Bertz CT molecular complexity index is 3470. The minimum atomic E-state index is -0.153. The predicted molar refractivity (Wildman–Crippen MR) is 264 cm³/mol. The lowest BCUT2D eigenvalue weighted by Gasteiger charge is -2.37. The highest BCUT2D eigenvalue weighted by Gasteiger charge is 2.44. The molecule has 0 atom stereocenters. The second-order valence-electron chi connectivity index (χ2n) is 18.7. The lowest BCUT2D eigenvalue weighted by Crippen LogP contribution is -2.28. The molecule has 3 aliphatic rings. The van der Waals surface area contributed by atoms with Crippen LogP contribution in [0.2, 0.25) is 0 Å². The maximum atomic E-state index is 6.63. The van der Waals surface area contributed by atoms with Crippen LogP contribution in [0, 0.1) is 0 Å². The van der Waals surface area contributed by atoms with Crippen LogP contribution >= 0.6 is 0 Å². The third kappa shape index (κ3) is 5.25. The van der Waals surface area contributed by atoms with Crippen molar-refractivity contribution in [2.24, 2.45) is 0 Å². The SMILES string of the molecule is CC1(C)c2ccccc2-c2cccc(-c3ccccc3N(c3ccc(-c4cccc5oc6c7ccccc7ccc6c45)cc3)c3ccc4c(c3)C3(CCCCC3)c3ccccc3-4)c21. The smallest absolute Gasteiger partial charge is 0.143 e. The summed E-state index contributed by atoms with van der Waals surface area (Å²) in [6, 6.07) is 70.3. The molecule has 0 radical (unpaired) electrons. The average molecular weight is 810 g/mol. The molecule has 2 heteroatoms. The summed E-state index contributed by atoms with van der Waals surface area (Å²) in [6.45, 7) is 4.79. The molecular formula is C61H47NO. The molecule has 63 heavy (non-hydrogen) atoms. The van der Waals surface area contributed by atoms with Gasteiger partial charge in [-0.05, 0) is 122 Å². The van der Waals surface area contributed by atoms with Gasteiger partial charge in [0.1, 0.15) is 11.2 Å². The number of fused-ring (bicyclic) bond motifs is 13. The van der Waals surface area contributed by atoms with Gasteiger partial charge in [-0.2, -0.15) is 0 Å². The summed E-state index contributed by atoms with van der Waals surface area (Å²) >= 11 is 0. The van der Waals surface area contributed by atoms with E-state index in [0.717, 1.165) is 33.0 Å². The largest absolute Gasteiger partial charge is 0.455 e. The quantitative estimate of drug-likeness (QED) is 0.172. The van der Waals surface area contributed by atoms with Crippen molar-refractivity contribution in [2.75, 3.05) is 4.90 Å². The van der Waals surface area contributed by atoms with Gasteiger partial charge >= 0.3 is 0 Å². The monoisotopic (exact) mass is 809 g/mol. The first-order valence-corrected chi connectivity index (χ1v) is 22.8. The third-order valence-corrected chi connectivity index (χ3v) is 15.1. The normalized spacial score (nSPS) is 15.4. The van der Waals surface area contributed by atoms with Crippen LogP contribution in [0.3, 0.4) is 0 Å². The molecule has 0 aliphatic heterocycles. The Morgan fingerprint density at radius 2 is 1.06 bits per heavy atom. The second-order valence-corrected chi connectivity index (χ2v) is 18.7. The number of para-hydroxylation sites is 1. The minimum absolute atomic E-state index is 0.0443. The van der Waals surface area contributed by atoms with Crippen LogP contribution in [0.4, 0.5) is 17.1 Å². The third-order valence-electron chi connectivity index (χ3n) is 15.1. The summed E-state index contributed by atoms with van der Waals surface area (Å²) in [7, 11) is 0. The molecule has 10 aromatic rings. The van der Waals surface area contributed by atoms with Crippen LogP contribution in [0.15, 0.2) is 192 Å². The number of anilines is 3. The van der Waals surface area contributed by atoms with Crippen LogP contribution in [0.5, 0.6) is 0 Å². The van der Waals surface area contributed by atoms with E-state index in [9.17, 15) is 0 Å². The zero-order valence-corrected chi connectivity index (χ0v) is 35.8. The van der Waals surface area contributed by atoms with E-state index in [1.165, 1.54) is 116 Å². The second kappa shape index (κ2) is 13.7. The Labute approximate surface area is 369 Å². The molecule has 0 saturated heterocycles. The summed E-state index contributed by atoms with van der Waals surface area (Å²) in [5.74, 6) is 0. The van der Waals surface area contributed by atoms with Crippen molar-refractivity contribution in [3.63, 3.8) is 0 Å². The van der Waals surface area contributed by atoms with Crippen LogP contribution in [0.1, 0.15) is 68.2 Å². The molecule has 0 bridgehead atoms. The topological polar surface area (TPSA) is 16.4 Å². The molecule has 0 amide bonds. The van der Waals surface area contributed by atoms with E-state index < -0.39 is 0 Å². The van der Waals surface area contributed by atoms with Crippen molar-refractivity contribution in [2.45, 2.75) is 56.8 Å². The number of rotatable bonds is 5. The van der Waals surface area contributed by atoms with Gasteiger partial charge in [0.2, 0.25) is 0 Å². The summed E-state index contributed by atoms with van der Waals surface area (Å²) < 4.78 is 6.63. The van der Waals surface area contributed by atoms with Crippen LogP contribution in [-0.2, 0) is 10.8 Å². The molecule has 2 nitrogen and oxygen atoms in total. The summed E-state index contributed by atoms with van der Waals surface area (Å²) in [4.78, 5) is 2.54. The van der Waals surface area contributed by atoms with Gasteiger partial charge in [0.05, 0.1) is 5.69 Å². The highest BCUT2D eigenvalue weighted by Crippen LogP contribution is 2.58. The molecule has 1 aromatic heterocycles. The van der Waals surface area contributed by atoms with Gasteiger partial charge in [-0.1, -0.05) is 179 Å². The summed E-state index contributed by atoms with van der Waals surface area (Å²) in [6.07, 6.45) is 6.23. The molecule has 1 saturated carbocycles. The fourth-order valence-electron chi connectivity index (χ4n) is 12.3. The first-order chi connectivity index (χ1) is 31.0. The molecule has 1 fully saturated rings. The van der Waals surface area contributed by atoms with Gasteiger partial charge < -0.3 is 9.32 Å². The first-order valence-electron chi connectivity index (χ1n) is 22.8. The van der Waals surface area contributed by atoms with Gasteiger partial charge in [0.25, 0.3) is 0 Å². The molecule has 0 unspecified atom stereocenters. The number of nitrogens with zero attached hydrogens (tertiary/aromatic N) is 1. The number of benzene rings is 9. The van der Waals surface area contributed by atoms with E-state index in [2.05, 4.69) is 207 Å². The maximum Gasteiger partial charge on any atom is 0.143 e. The van der Waals surface area contributed by atoms with Crippen molar-refractivity contribution in [1.82, 2.24) is 0 Å². The van der Waals surface area contributed by atoms with Crippen molar-refractivity contribution in [1.29, 1.82) is 0 Å². The molecule has 1 heterocycles. The number of hydrogen-bond donors (Lipinski definition) is 0. The van der Waals surface area contributed by atoms with Gasteiger partial charge in [-0.3, -0.25) is 0 Å². The Morgan fingerprint density at radius 3 is 1.89 bits per heavy atom. The fourth-order valence-corrected chi connectivity index (χ4v) is 12.3. The molecule has 1 spiro atoms. The van der Waals surface area contributed by atoms with Crippen molar-refractivity contribution in [3.8, 4) is 44.5 Å². The van der Waals surface area contributed by atoms with Crippen LogP contribution < -0.4 is 4.90 Å². The molecule has 0 N–H and O–H groups in total. The zero-order chi connectivity index (χ0) is 41.9. The Morgan fingerprint density at radius 1 is 0.444 bits per heavy atom. The van der Waals surface area contributed by atoms with E-state index in [4.69, 9.17) is 4.42 Å². The average Bonchev–Trinajstić information content (AvgIpc) is 3.94. The minimum Gasteiger partial charge on any atom is -0.455 e. The standard InChI is InChI=1S/C61H47NO/c1-60(2)52-24-9-6-19-46(52)49-22-14-23-50(58(49)60)48-20-8-11-26-55(48)62(42-33-35-47-45-18-7-10-25-53(45)61(54(47)38-42)36-12-3-13-37-61)41-31-28-40(29-32-41)43-21-15-27-56-57(43)51-34-30-39-16-4-5-17-44(39)59(51)63-56/h4-11,14-35,38H,3,12-13,36-37H2,1-2H3. The van der Waals surface area contributed by atoms with Gasteiger partial charge in [0.15, 0.2) is 0 Å². The number of furan rings is 1. The molecular weight excluding hydrogens is 763 g/mol. The van der Waals surface area contributed by atoms with E-state index in [1.807, 2.05) is 0 Å². The highest BCUT2D eigenvalue weighted by atomic mass is 16.3. The first kappa shape index (κ1) is 36.5. The molecule has 302 valence electrons. The Hall–Kier alpha value is -7.16. The lowest BCUT2D eigenvalue weighted by molar-refractivity contribution is 0.353. The lowest BCUT2D eigenvalue weighted by atomic mass is 9.68. The highest BCUT2D eigenvalue weighted by molar-refractivity contribution is 6.19. The summed E-state index contributed by atoms with van der Waals surface area (Å²) in [5.41, 5.74) is 21.4. The van der Waals surface area contributed by atoms with E-state index in [1.54, 1.807) is 0 Å². The van der Waals surface area contributed by atoms with E-state index in [0.29, 0.717) is 0 Å². The zero-order valence-electron chi connectivity index (χ0n) is 35.8. The van der Waals surface area contributed by atoms with E-state index >= 15 is 0 Å². The Kier molecular flexibility index (Phi) is 7.92. The fraction of sp³-hybridized carbons (Fsp3) is 0.148. The van der Waals surface area contributed by atoms with Crippen LogP contribution in [-0.4, -0.2) is 0 Å². The Balaban J connectivity index is 1.01. The predicted octanol–water partition coefficient (Wildman–Crippen LogP) is 17.1. The van der Waals surface area contributed by atoms with Crippen molar-refractivity contribution < 1.29 is 4.42 Å². The van der Waals surface area contributed by atoms with Crippen molar-refractivity contribution in [3.05, 3.63) is 210 Å². The maximum absolute atomic E-state index is 6.63. The van der Waals surface area contributed by atoms with Crippen molar-refractivity contribution >= 4 is 49.8 Å². The molecule has 13 rings (SSSR count). The summed E-state index contributed by atoms with van der Waals surface area (Å²) in [5, 5.41) is 4.64. The van der Waals surface area contributed by atoms with Crippen LogP contribution in [0.25, 0.3) is 77.2 Å². The van der Waals surface area contributed by atoms with Gasteiger partial charge in [-0.15, -0.1) is 0 Å². The van der Waals surface area contributed by atoms with Gasteiger partial charge in [0, 0.05) is 43.9 Å². The van der Waals surface area contributed by atoms with Gasteiger partial charge in [-0.25, -0.2) is 0 Å². The number of hydrogen-bond acceptors (Lipinski definition) is 2. The molecule has 9 aromatic carbocycles. The molecule has 3 aliphatic carbocycles.